The van der Waals surface area contributed by atoms with E-state index in [-0.39, 0.29) is 11.7 Å². The van der Waals surface area contributed by atoms with E-state index in [1.54, 1.807) is 25.3 Å². The average Bonchev–Trinajstić information content (AvgIpc) is 2.52. The van der Waals surface area contributed by atoms with Crippen molar-refractivity contribution >= 4 is 17.3 Å². The highest BCUT2D eigenvalue weighted by Gasteiger charge is 2.11. The predicted octanol–water partition coefficient (Wildman–Crippen LogP) is 1.60. The van der Waals surface area contributed by atoms with Crippen molar-refractivity contribution in [2.75, 3.05) is 38.7 Å². The molecular weight excluding hydrogens is 298 g/mol. The van der Waals surface area contributed by atoms with E-state index in [2.05, 4.69) is 20.9 Å². The number of aliphatic imine (C=N–C) groups is 1. The van der Waals surface area contributed by atoms with Crippen molar-refractivity contribution in [3.05, 3.63) is 34.4 Å². The van der Waals surface area contributed by atoms with Crippen LogP contribution in [0.15, 0.2) is 29.3 Å². The van der Waals surface area contributed by atoms with Crippen LogP contribution in [0.3, 0.4) is 0 Å². The molecule has 0 aliphatic heterocycles. The van der Waals surface area contributed by atoms with Gasteiger partial charge in [-0.1, -0.05) is 12.1 Å². The third kappa shape index (κ3) is 6.96. The van der Waals surface area contributed by atoms with Gasteiger partial charge in [0.2, 0.25) is 0 Å². The molecule has 0 saturated heterocycles. The zero-order valence-corrected chi connectivity index (χ0v) is 13.8. The second kappa shape index (κ2) is 10.4. The van der Waals surface area contributed by atoms with Gasteiger partial charge in [-0.2, -0.15) is 0 Å². The number of nitro benzene ring substituents is 1. The first kappa shape index (κ1) is 18.7. The molecule has 8 nitrogen and oxygen atoms in total. The van der Waals surface area contributed by atoms with Crippen molar-refractivity contribution in [3.63, 3.8) is 0 Å². The Morgan fingerprint density at radius 3 is 2.83 bits per heavy atom. The molecule has 0 amide bonds. The summed E-state index contributed by atoms with van der Waals surface area (Å²) >= 11 is 0. The third-order valence-electron chi connectivity index (χ3n) is 2.94. The quantitative estimate of drug-likeness (QED) is 0.210. The standard InChI is InChI=1S/C15H25N5O3/c1-4-16-15(19-12(2)11-23-3)18-10-9-17-13-7-5-6-8-14(13)20(21)22/h5-8,12,17H,4,9-11H2,1-3H3,(H2,16,18,19). The van der Waals surface area contributed by atoms with E-state index in [0.717, 1.165) is 6.54 Å². The monoisotopic (exact) mass is 323 g/mol. The number of guanidine groups is 1. The summed E-state index contributed by atoms with van der Waals surface area (Å²) in [7, 11) is 1.65. The number of nitrogens with one attached hydrogen (secondary N) is 3. The Hall–Kier alpha value is -2.35. The van der Waals surface area contributed by atoms with Crippen molar-refractivity contribution in [2.45, 2.75) is 19.9 Å². The van der Waals surface area contributed by atoms with Crippen molar-refractivity contribution in [1.82, 2.24) is 10.6 Å². The Morgan fingerprint density at radius 2 is 2.17 bits per heavy atom. The van der Waals surface area contributed by atoms with Crippen LogP contribution in [-0.4, -0.2) is 50.3 Å². The minimum Gasteiger partial charge on any atom is -0.383 e. The third-order valence-corrected chi connectivity index (χ3v) is 2.94. The molecule has 128 valence electrons. The van der Waals surface area contributed by atoms with Gasteiger partial charge in [0.25, 0.3) is 5.69 Å². The summed E-state index contributed by atoms with van der Waals surface area (Å²) in [5.74, 6) is 0.696. The Labute approximate surface area is 136 Å². The molecule has 1 aromatic carbocycles. The molecule has 0 aliphatic rings. The average molecular weight is 323 g/mol. The largest absolute Gasteiger partial charge is 0.383 e. The SMILES string of the molecule is CCNC(=NCCNc1ccccc1[N+](=O)[O-])NC(C)COC. The number of methoxy groups -OCH3 is 1. The smallest absolute Gasteiger partial charge is 0.292 e. The number of benzene rings is 1. The first-order valence-corrected chi connectivity index (χ1v) is 7.59. The number of anilines is 1. The van der Waals surface area contributed by atoms with Gasteiger partial charge in [-0.25, -0.2) is 0 Å². The van der Waals surface area contributed by atoms with Gasteiger partial charge in [-0.15, -0.1) is 0 Å². The lowest BCUT2D eigenvalue weighted by molar-refractivity contribution is -0.384. The normalized spacial score (nSPS) is 12.6. The van der Waals surface area contributed by atoms with Gasteiger partial charge in [0.1, 0.15) is 5.69 Å². The molecule has 8 heteroatoms. The van der Waals surface area contributed by atoms with E-state index in [1.165, 1.54) is 6.07 Å². The summed E-state index contributed by atoms with van der Waals surface area (Å²) in [6, 6.07) is 6.71. The van der Waals surface area contributed by atoms with Gasteiger partial charge < -0.3 is 20.7 Å². The number of rotatable bonds is 9. The molecule has 1 aromatic rings. The van der Waals surface area contributed by atoms with Gasteiger partial charge in [0.15, 0.2) is 5.96 Å². The molecule has 1 rings (SSSR count). The summed E-state index contributed by atoms with van der Waals surface area (Å²) in [4.78, 5) is 15.0. The number of para-hydroxylation sites is 2. The van der Waals surface area contributed by atoms with Crippen LogP contribution in [0.4, 0.5) is 11.4 Å². The number of hydrogen-bond acceptors (Lipinski definition) is 5. The second-order valence-corrected chi connectivity index (χ2v) is 4.96. The molecule has 0 spiro atoms. The maximum absolute atomic E-state index is 10.9. The molecule has 3 N–H and O–H groups in total. The van der Waals surface area contributed by atoms with E-state index in [9.17, 15) is 10.1 Å². The van der Waals surface area contributed by atoms with Crippen LogP contribution in [0, 0.1) is 10.1 Å². The molecule has 0 bridgehead atoms. The van der Waals surface area contributed by atoms with Crippen LogP contribution in [0.2, 0.25) is 0 Å². The summed E-state index contributed by atoms with van der Waals surface area (Å²) in [6.45, 7) is 6.31. The molecule has 0 heterocycles. The zero-order chi connectivity index (χ0) is 17.1. The number of nitrogens with zero attached hydrogens (tertiary/aromatic N) is 2. The predicted molar refractivity (Wildman–Crippen MR) is 92.0 cm³/mol. The van der Waals surface area contributed by atoms with Crippen LogP contribution in [0.25, 0.3) is 0 Å². The number of ether oxygens (including phenoxy) is 1. The van der Waals surface area contributed by atoms with Gasteiger partial charge in [-0.05, 0) is 19.9 Å². The topological polar surface area (TPSA) is 101 Å². The van der Waals surface area contributed by atoms with Gasteiger partial charge in [0.05, 0.1) is 18.1 Å². The summed E-state index contributed by atoms with van der Waals surface area (Å²) in [6.07, 6.45) is 0. The van der Waals surface area contributed by atoms with Crippen molar-refractivity contribution in [1.29, 1.82) is 0 Å². The van der Waals surface area contributed by atoms with Gasteiger partial charge in [-0.3, -0.25) is 15.1 Å². The maximum atomic E-state index is 10.9. The van der Waals surface area contributed by atoms with E-state index >= 15 is 0 Å². The molecule has 1 atom stereocenters. The highest BCUT2D eigenvalue weighted by Crippen LogP contribution is 2.22. The second-order valence-electron chi connectivity index (χ2n) is 4.96. The van der Waals surface area contributed by atoms with Crippen molar-refractivity contribution in [2.24, 2.45) is 4.99 Å². The van der Waals surface area contributed by atoms with E-state index < -0.39 is 4.92 Å². The minimum atomic E-state index is -0.399. The Kier molecular flexibility index (Phi) is 8.45. The fraction of sp³-hybridized carbons (Fsp3) is 0.533. The highest BCUT2D eigenvalue weighted by molar-refractivity contribution is 5.80. The van der Waals surface area contributed by atoms with E-state index in [0.29, 0.717) is 31.3 Å². The van der Waals surface area contributed by atoms with E-state index in [1.807, 2.05) is 13.8 Å². The molecule has 0 saturated carbocycles. The Morgan fingerprint density at radius 1 is 1.43 bits per heavy atom. The van der Waals surface area contributed by atoms with Gasteiger partial charge in [0, 0.05) is 32.3 Å². The summed E-state index contributed by atoms with van der Waals surface area (Å²) in [5.41, 5.74) is 0.564. The van der Waals surface area contributed by atoms with Crippen LogP contribution in [0.1, 0.15) is 13.8 Å². The van der Waals surface area contributed by atoms with Gasteiger partial charge >= 0.3 is 0 Å². The molecule has 0 fully saturated rings. The first-order valence-electron chi connectivity index (χ1n) is 7.59. The molecular formula is C15H25N5O3. The Balaban J connectivity index is 2.53. The van der Waals surface area contributed by atoms with Crippen LogP contribution in [0.5, 0.6) is 0 Å². The Bertz CT molecular complexity index is 522. The number of nitro groups is 1. The summed E-state index contributed by atoms with van der Waals surface area (Å²) < 4.78 is 5.08. The van der Waals surface area contributed by atoms with Crippen LogP contribution in [-0.2, 0) is 4.74 Å². The molecule has 0 aliphatic carbocycles. The summed E-state index contributed by atoms with van der Waals surface area (Å²) in [5, 5.41) is 20.4. The van der Waals surface area contributed by atoms with Crippen molar-refractivity contribution < 1.29 is 9.66 Å². The van der Waals surface area contributed by atoms with Crippen LogP contribution < -0.4 is 16.0 Å². The molecule has 23 heavy (non-hydrogen) atoms. The molecule has 0 aromatic heterocycles. The first-order chi connectivity index (χ1) is 11.1. The number of hydrogen-bond donors (Lipinski definition) is 3. The minimum absolute atomic E-state index is 0.0650. The fourth-order valence-corrected chi connectivity index (χ4v) is 1.99. The lowest BCUT2D eigenvalue weighted by Crippen LogP contribution is -2.44. The maximum Gasteiger partial charge on any atom is 0.292 e. The lowest BCUT2D eigenvalue weighted by atomic mass is 10.2. The highest BCUT2D eigenvalue weighted by atomic mass is 16.6. The molecule has 0 radical (unpaired) electrons. The molecule has 1 unspecified atom stereocenters. The fourth-order valence-electron chi connectivity index (χ4n) is 1.99. The van der Waals surface area contributed by atoms with E-state index in [4.69, 9.17) is 4.74 Å². The van der Waals surface area contributed by atoms with Crippen molar-refractivity contribution in [3.8, 4) is 0 Å². The zero-order valence-electron chi connectivity index (χ0n) is 13.8. The van der Waals surface area contributed by atoms with Crippen LogP contribution >= 0.6 is 0 Å². The lowest BCUT2D eigenvalue weighted by Gasteiger charge is -2.17.